The van der Waals surface area contributed by atoms with Crippen LogP contribution in [-0.4, -0.2) is 31.1 Å². The van der Waals surface area contributed by atoms with E-state index < -0.39 is 0 Å². The molecule has 8 heteroatoms. The maximum absolute atomic E-state index is 12.3. The molecular weight excluding hydrogens is 292 g/mol. The van der Waals surface area contributed by atoms with Crippen LogP contribution in [-0.2, 0) is 7.05 Å². The summed E-state index contributed by atoms with van der Waals surface area (Å²) in [5, 5.41) is 15.6. The van der Waals surface area contributed by atoms with Gasteiger partial charge in [-0.05, 0) is 35.5 Å². The Morgan fingerprint density at radius 3 is 2.95 bits per heavy atom. The lowest BCUT2D eigenvalue weighted by Crippen LogP contribution is -2.28. The van der Waals surface area contributed by atoms with E-state index in [-0.39, 0.29) is 11.9 Å². The number of hydrogen-bond acceptors (Lipinski definition) is 4. The van der Waals surface area contributed by atoms with Crippen molar-refractivity contribution in [3.8, 4) is 0 Å². The third kappa shape index (κ3) is 2.59. The lowest BCUT2D eigenvalue weighted by atomic mass is 10.2. The number of nitrogens with one attached hydrogen (secondary N) is 2. The van der Waals surface area contributed by atoms with Gasteiger partial charge >= 0.3 is 0 Å². The van der Waals surface area contributed by atoms with Crippen molar-refractivity contribution < 1.29 is 4.79 Å². The normalized spacial score (nSPS) is 12.5. The third-order valence-corrected chi connectivity index (χ3v) is 3.45. The standard InChI is InChI=1S/C13H13ClN6O/c1-7(12-17-18-19-20(12)2)15-13(21)11-5-8-3-4-9(14)6-10(8)16-11/h3-7,16H,1-2H3,(H,15,21)/t7-/m1/s1. The molecule has 3 aromatic rings. The molecule has 0 aliphatic heterocycles. The molecule has 1 aromatic carbocycles. The molecule has 2 aromatic heterocycles. The Morgan fingerprint density at radius 1 is 1.43 bits per heavy atom. The van der Waals surface area contributed by atoms with Crippen LogP contribution in [0.1, 0.15) is 29.3 Å². The van der Waals surface area contributed by atoms with Gasteiger partial charge in [-0.3, -0.25) is 4.79 Å². The number of halogens is 1. The molecule has 2 N–H and O–H groups in total. The van der Waals surface area contributed by atoms with Crippen LogP contribution in [0.15, 0.2) is 24.3 Å². The van der Waals surface area contributed by atoms with Gasteiger partial charge in [-0.1, -0.05) is 17.7 Å². The fourth-order valence-electron chi connectivity index (χ4n) is 2.16. The second kappa shape index (κ2) is 5.17. The number of carbonyl (C=O) groups excluding carboxylic acids is 1. The number of aryl methyl sites for hydroxylation is 1. The summed E-state index contributed by atoms with van der Waals surface area (Å²) in [5.41, 5.74) is 1.29. The highest BCUT2D eigenvalue weighted by Gasteiger charge is 2.17. The van der Waals surface area contributed by atoms with Gasteiger partial charge in [0.05, 0.1) is 6.04 Å². The van der Waals surface area contributed by atoms with Crippen LogP contribution in [0.5, 0.6) is 0 Å². The summed E-state index contributed by atoms with van der Waals surface area (Å²) in [6, 6.07) is 6.91. The molecule has 0 spiro atoms. The molecule has 0 radical (unpaired) electrons. The quantitative estimate of drug-likeness (QED) is 0.772. The number of benzene rings is 1. The summed E-state index contributed by atoms with van der Waals surface area (Å²) in [6.45, 7) is 1.82. The van der Waals surface area contributed by atoms with Crippen molar-refractivity contribution in [3.05, 3.63) is 40.8 Å². The first-order valence-electron chi connectivity index (χ1n) is 6.36. The summed E-state index contributed by atoms with van der Waals surface area (Å²) >= 11 is 5.93. The average molecular weight is 305 g/mol. The number of H-pyrrole nitrogens is 1. The van der Waals surface area contributed by atoms with Gasteiger partial charge in [0, 0.05) is 23.0 Å². The number of fused-ring (bicyclic) bond motifs is 1. The molecule has 3 rings (SSSR count). The largest absolute Gasteiger partial charge is 0.350 e. The Balaban J connectivity index is 1.82. The summed E-state index contributed by atoms with van der Waals surface area (Å²) in [5.74, 6) is 0.361. The molecule has 21 heavy (non-hydrogen) atoms. The van der Waals surface area contributed by atoms with Crippen LogP contribution in [0.4, 0.5) is 0 Å². The number of carbonyl (C=O) groups is 1. The van der Waals surface area contributed by atoms with Gasteiger partial charge in [-0.15, -0.1) is 5.10 Å². The van der Waals surface area contributed by atoms with E-state index in [0.29, 0.717) is 16.5 Å². The molecule has 0 unspecified atom stereocenters. The molecule has 0 bridgehead atoms. The fraction of sp³-hybridized carbons (Fsp3) is 0.231. The van der Waals surface area contributed by atoms with Crippen molar-refractivity contribution in [2.45, 2.75) is 13.0 Å². The Hall–Kier alpha value is -2.41. The van der Waals surface area contributed by atoms with Crippen LogP contribution < -0.4 is 5.32 Å². The van der Waals surface area contributed by atoms with E-state index in [1.807, 2.05) is 13.0 Å². The average Bonchev–Trinajstić information content (AvgIpc) is 3.04. The summed E-state index contributed by atoms with van der Waals surface area (Å²) in [6.07, 6.45) is 0. The zero-order valence-corrected chi connectivity index (χ0v) is 12.2. The first-order valence-corrected chi connectivity index (χ1v) is 6.74. The van der Waals surface area contributed by atoms with E-state index in [9.17, 15) is 4.79 Å². The van der Waals surface area contributed by atoms with E-state index in [0.717, 1.165) is 10.9 Å². The number of rotatable bonds is 3. The van der Waals surface area contributed by atoms with Gasteiger partial charge < -0.3 is 10.3 Å². The minimum atomic E-state index is -0.299. The van der Waals surface area contributed by atoms with Crippen molar-refractivity contribution >= 4 is 28.4 Å². The fourth-order valence-corrected chi connectivity index (χ4v) is 2.34. The Kier molecular flexibility index (Phi) is 3.34. The van der Waals surface area contributed by atoms with Crippen molar-refractivity contribution in [2.75, 3.05) is 0 Å². The van der Waals surface area contributed by atoms with Crippen molar-refractivity contribution in [3.63, 3.8) is 0 Å². The second-order valence-electron chi connectivity index (χ2n) is 4.77. The zero-order valence-electron chi connectivity index (χ0n) is 11.5. The summed E-state index contributed by atoms with van der Waals surface area (Å²) < 4.78 is 1.52. The van der Waals surface area contributed by atoms with E-state index in [4.69, 9.17) is 11.6 Å². The number of tetrazole rings is 1. The van der Waals surface area contributed by atoms with Gasteiger partial charge in [0.2, 0.25) is 0 Å². The van der Waals surface area contributed by atoms with E-state index in [1.54, 1.807) is 25.2 Å². The molecule has 7 nitrogen and oxygen atoms in total. The minimum absolute atomic E-state index is 0.224. The molecule has 108 valence electrons. The molecule has 0 saturated carbocycles. The van der Waals surface area contributed by atoms with Crippen LogP contribution >= 0.6 is 11.6 Å². The van der Waals surface area contributed by atoms with Crippen LogP contribution in [0.25, 0.3) is 10.9 Å². The van der Waals surface area contributed by atoms with Crippen molar-refractivity contribution in [1.82, 2.24) is 30.5 Å². The second-order valence-corrected chi connectivity index (χ2v) is 5.21. The topological polar surface area (TPSA) is 88.5 Å². The number of nitrogens with zero attached hydrogens (tertiary/aromatic N) is 4. The highest BCUT2D eigenvalue weighted by Crippen LogP contribution is 2.20. The van der Waals surface area contributed by atoms with Crippen LogP contribution in [0, 0.1) is 0 Å². The predicted octanol–water partition coefficient (Wildman–Crippen LogP) is 1.84. The predicted molar refractivity (Wildman–Crippen MR) is 78.0 cm³/mol. The molecule has 0 saturated heterocycles. The maximum Gasteiger partial charge on any atom is 0.268 e. The summed E-state index contributed by atoms with van der Waals surface area (Å²) in [4.78, 5) is 15.3. The van der Waals surface area contributed by atoms with Crippen molar-refractivity contribution in [1.29, 1.82) is 0 Å². The molecule has 0 aliphatic carbocycles. The summed E-state index contributed by atoms with van der Waals surface area (Å²) in [7, 11) is 1.73. The molecular formula is C13H13ClN6O. The van der Waals surface area contributed by atoms with Crippen molar-refractivity contribution in [2.24, 2.45) is 7.05 Å². The van der Waals surface area contributed by atoms with Gasteiger partial charge in [0.1, 0.15) is 5.69 Å². The van der Waals surface area contributed by atoms with Gasteiger partial charge in [-0.25, -0.2) is 4.68 Å². The highest BCUT2D eigenvalue weighted by molar-refractivity contribution is 6.31. The zero-order chi connectivity index (χ0) is 15.0. The van der Waals surface area contributed by atoms with Gasteiger partial charge in [0.25, 0.3) is 5.91 Å². The molecule has 1 amide bonds. The Labute approximate surface area is 125 Å². The highest BCUT2D eigenvalue weighted by atomic mass is 35.5. The molecule has 2 heterocycles. The maximum atomic E-state index is 12.3. The van der Waals surface area contributed by atoms with Crippen LogP contribution in [0.3, 0.4) is 0 Å². The third-order valence-electron chi connectivity index (χ3n) is 3.22. The van der Waals surface area contributed by atoms with E-state index in [1.165, 1.54) is 4.68 Å². The molecule has 1 atom stereocenters. The molecule has 0 aliphatic rings. The SMILES string of the molecule is C[C@@H](NC(=O)c1cc2ccc(Cl)cc2[nH]1)c1nnnn1C. The number of aromatic amines is 1. The van der Waals surface area contributed by atoms with E-state index in [2.05, 4.69) is 25.8 Å². The number of hydrogen-bond donors (Lipinski definition) is 2. The minimum Gasteiger partial charge on any atom is -0.350 e. The van der Waals surface area contributed by atoms with Gasteiger partial charge in [-0.2, -0.15) is 0 Å². The monoisotopic (exact) mass is 304 g/mol. The number of aromatic nitrogens is 5. The van der Waals surface area contributed by atoms with Crippen LogP contribution in [0.2, 0.25) is 5.02 Å². The Morgan fingerprint density at radius 2 is 2.24 bits per heavy atom. The van der Waals surface area contributed by atoms with Gasteiger partial charge in [0.15, 0.2) is 5.82 Å². The first-order chi connectivity index (χ1) is 10.0. The number of amides is 1. The lowest BCUT2D eigenvalue weighted by molar-refractivity contribution is 0.0933. The smallest absolute Gasteiger partial charge is 0.268 e. The van der Waals surface area contributed by atoms with E-state index >= 15 is 0 Å². The Bertz CT molecular complexity index is 808. The molecule has 0 fully saturated rings. The first kappa shape index (κ1) is 13.6. The lowest BCUT2D eigenvalue weighted by Gasteiger charge is -2.11.